The maximum atomic E-state index is 12.6. The second-order valence-electron chi connectivity index (χ2n) is 6.45. The van der Waals surface area contributed by atoms with Crippen molar-refractivity contribution in [1.29, 1.82) is 0 Å². The summed E-state index contributed by atoms with van der Waals surface area (Å²) in [6, 6.07) is 15.6. The highest BCUT2D eigenvalue weighted by atomic mass is 16.5. The number of hydrogen-bond acceptors (Lipinski definition) is 4. The smallest absolute Gasteiger partial charge is 0.230 e. The molecule has 3 aromatic rings. The predicted octanol–water partition coefficient (Wildman–Crippen LogP) is 3.69. The van der Waals surface area contributed by atoms with Gasteiger partial charge in [0.2, 0.25) is 5.91 Å². The fourth-order valence-electron chi connectivity index (χ4n) is 2.98. The average molecular weight is 379 g/mol. The third-order valence-corrected chi connectivity index (χ3v) is 4.59. The van der Waals surface area contributed by atoms with E-state index in [1.807, 2.05) is 12.1 Å². The summed E-state index contributed by atoms with van der Waals surface area (Å²) in [4.78, 5) is 12.6. The van der Waals surface area contributed by atoms with Crippen LogP contribution in [-0.4, -0.2) is 29.9 Å². The Balaban J connectivity index is 1.67. The number of ether oxygens (including phenoxy) is 2. The molecule has 0 aliphatic carbocycles. The molecule has 0 atom stereocenters. The molecule has 6 nitrogen and oxygen atoms in total. The number of nitrogens with zero attached hydrogens (tertiary/aromatic N) is 2. The summed E-state index contributed by atoms with van der Waals surface area (Å²) in [6.07, 6.45) is 2.89. The van der Waals surface area contributed by atoms with Gasteiger partial charge in [-0.2, -0.15) is 5.10 Å². The number of rotatable bonds is 8. The minimum absolute atomic E-state index is 0.133. The Morgan fingerprint density at radius 3 is 2.46 bits per heavy atom. The molecule has 1 aromatic heterocycles. The first kappa shape index (κ1) is 19.5. The number of carbonyl (C=O) groups excluding carboxylic acids is 1. The number of nitrogens with one attached hydrogen (secondary N) is 1. The third kappa shape index (κ3) is 4.71. The summed E-state index contributed by atoms with van der Waals surface area (Å²) in [5.41, 5.74) is 3.22. The van der Waals surface area contributed by atoms with E-state index >= 15 is 0 Å². The molecule has 2 aromatic carbocycles. The summed E-state index contributed by atoms with van der Waals surface area (Å²) in [7, 11) is 3.17. The van der Waals surface area contributed by atoms with Crippen molar-refractivity contribution in [2.75, 3.05) is 19.5 Å². The van der Waals surface area contributed by atoms with Crippen LogP contribution in [0.3, 0.4) is 0 Å². The SMILES string of the molecule is CCc1ccc(Cn2nccc2NC(=O)Cc2ccc(OC)cc2OC)cc1. The summed E-state index contributed by atoms with van der Waals surface area (Å²) in [5.74, 6) is 1.84. The molecular weight excluding hydrogens is 354 g/mol. The molecule has 6 heteroatoms. The molecular formula is C22H25N3O3. The summed E-state index contributed by atoms with van der Waals surface area (Å²) >= 11 is 0. The number of aryl methyl sites for hydroxylation is 1. The van der Waals surface area contributed by atoms with Crippen molar-refractivity contribution < 1.29 is 14.3 Å². The molecule has 28 heavy (non-hydrogen) atoms. The Morgan fingerprint density at radius 1 is 1.04 bits per heavy atom. The van der Waals surface area contributed by atoms with Crippen LogP contribution >= 0.6 is 0 Å². The van der Waals surface area contributed by atoms with Crippen LogP contribution in [0.15, 0.2) is 54.7 Å². The average Bonchev–Trinajstić information content (AvgIpc) is 3.15. The molecule has 0 aliphatic heterocycles. The number of amides is 1. The Kier molecular flexibility index (Phi) is 6.32. The number of benzene rings is 2. The molecule has 0 radical (unpaired) electrons. The second kappa shape index (κ2) is 9.08. The van der Waals surface area contributed by atoms with E-state index in [4.69, 9.17) is 9.47 Å². The van der Waals surface area contributed by atoms with Crippen molar-refractivity contribution in [1.82, 2.24) is 9.78 Å². The number of methoxy groups -OCH3 is 2. The summed E-state index contributed by atoms with van der Waals surface area (Å²) < 4.78 is 12.3. The Morgan fingerprint density at radius 2 is 1.79 bits per heavy atom. The van der Waals surface area contributed by atoms with Gasteiger partial charge in [0.25, 0.3) is 0 Å². The minimum atomic E-state index is -0.133. The molecule has 1 amide bonds. The Labute approximate surface area is 165 Å². The molecule has 0 spiro atoms. The topological polar surface area (TPSA) is 65.4 Å². The van der Waals surface area contributed by atoms with Gasteiger partial charge in [0.15, 0.2) is 0 Å². The Hall–Kier alpha value is -3.28. The first-order valence-corrected chi connectivity index (χ1v) is 9.23. The highest BCUT2D eigenvalue weighted by Crippen LogP contribution is 2.25. The normalized spacial score (nSPS) is 10.5. The van der Waals surface area contributed by atoms with Crippen LogP contribution < -0.4 is 14.8 Å². The van der Waals surface area contributed by atoms with E-state index in [1.54, 1.807) is 37.2 Å². The van der Waals surface area contributed by atoms with Crippen molar-refractivity contribution in [3.05, 3.63) is 71.4 Å². The van der Waals surface area contributed by atoms with Crippen LogP contribution in [0.1, 0.15) is 23.6 Å². The lowest BCUT2D eigenvalue weighted by Crippen LogP contribution is -2.18. The van der Waals surface area contributed by atoms with Crippen molar-refractivity contribution in [3.63, 3.8) is 0 Å². The second-order valence-corrected chi connectivity index (χ2v) is 6.45. The minimum Gasteiger partial charge on any atom is -0.497 e. The van der Waals surface area contributed by atoms with Crippen LogP contribution in [0, 0.1) is 0 Å². The maximum absolute atomic E-state index is 12.6. The van der Waals surface area contributed by atoms with Crippen molar-refractivity contribution in [2.45, 2.75) is 26.3 Å². The molecule has 0 bridgehead atoms. The molecule has 1 heterocycles. The van der Waals surface area contributed by atoms with E-state index in [-0.39, 0.29) is 12.3 Å². The van der Waals surface area contributed by atoms with Crippen LogP contribution in [0.4, 0.5) is 5.82 Å². The van der Waals surface area contributed by atoms with Crippen molar-refractivity contribution >= 4 is 11.7 Å². The lowest BCUT2D eigenvalue weighted by Gasteiger charge is -2.12. The zero-order valence-electron chi connectivity index (χ0n) is 16.4. The lowest BCUT2D eigenvalue weighted by atomic mass is 10.1. The monoisotopic (exact) mass is 379 g/mol. The largest absolute Gasteiger partial charge is 0.497 e. The standard InChI is InChI=1S/C22H25N3O3/c1-4-16-5-7-17(8-6-16)15-25-21(11-12-23-25)24-22(26)13-18-9-10-19(27-2)14-20(18)28-3/h5-12,14H,4,13,15H2,1-3H3,(H,24,26). The van der Waals surface area contributed by atoms with Gasteiger partial charge in [-0.05, 0) is 23.6 Å². The first-order chi connectivity index (χ1) is 13.6. The highest BCUT2D eigenvalue weighted by Gasteiger charge is 2.12. The van der Waals surface area contributed by atoms with Gasteiger partial charge in [-0.3, -0.25) is 4.79 Å². The molecule has 1 N–H and O–H groups in total. The quantitative estimate of drug-likeness (QED) is 0.648. The lowest BCUT2D eigenvalue weighted by molar-refractivity contribution is -0.115. The van der Waals surface area contributed by atoms with Gasteiger partial charge in [-0.25, -0.2) is 4.68 Å². The number of carbonyl (C=O) groups is 1. The van der Waals surface area contributed by atoms with E-state index in [0.717, 1.165) is 17.5 Å². The van der Waals surface area contributed by atoms with E-state index in [2.05, 4.69) is 41.6 Å². The van der Waals surface area contributed by atoms with Gasteiger partial charge in [-0.15, -0.1) is 0 Å². The van der Waals surface area contributed by atoms with Crippen molar-refractivity contribution in [2.24, 2.45) is 0 Å². The summed E-state index contributed by atoms with van der Waals surface area (Å²) in [6.45, 7) is 2.73. The van der Waals surface area contributed by atoms with Gasteiger partial charge in [0, 0.05) is 17.7 Å². The zero-order chi connectivity index (χ0) is 19.9. The molecule has 0 fully saturated rings. The van der Waals surface area contributed by atoms with E-state index in [0.29, 0.717) is 23.9 Å². The van der Waals surface area contributed by atoms with Crippen LogP contribution in [-0.2, 0) is 24.2 Å². The number of anilines is 1. The first-order valence-electron chi connectivity index (χ1n) is 9.23. The molecule has 0 unspecified atom stereocenters. The van der Waals surface area contributed by atoms with Crippen LogP contribution in [0.25, 0.3) is 0 Å². The fourth-order valence-corrected chi connectivity index (χ4v) is 2.98. The molecule has 0 aliphatic rings. The van der Waals surface area contributed by atoms with Gasteiger partial charge < -0.3 is 14.8 Å². The molecule has 3 rings (SSSR count). The van der Waals surface area contributed by atoms with E-state index in [1.165, 1.54) is 5.56 Å². The Bertz CT molecular complexity index is 932. The molecule has 0 saturated heterocycles. The van der Waals surface area contributed by atoms with Gasteiger partial charge in [0.05, 0.1) is 33.4 Å². The number of aromatic nitrogens is 2. The van der Waals surface area contributed by atoms with Crippen LogP contribution in [0.5, 0.6) is 11.5 Å². The van der Waals surface area contributed by atoms with Gasteiger partial charge >= 0.3 is 0 Å². The highest BCUT2D eigenvalue weighted by molar-refractivity contribution is 5.91. The predicted molar refractivity (Wildman–Crippen MR) is 109 cm³/mol. The summed E-state index contributed by atoms with van der Waals surface area (Å²) in [5, 5.41) is 7.27. The van der Waals surface area contributed by atoms with E-state index < -0.39 is 0 Å². The maximum Gasteiger partial charge on any atom is 0.230 e. The molecule has 0 saturated carbocycles. The van der Waals surface area contributed by atoms with Gasteiger partial charge in [0.1, 0.15) is 17.3 Å². The zero-order valence-corrected chi connectivity index (χ0v) is 16.4. The van der Waals surface area contributed by atoms with Crippen LogP contribution in [0.2, 0.25) is 0 Å². The molecule has 146 valence electrons. The van der Waals surface area contributed by atoms with Crippen molar-refractivity contribution in [3.8, 4) is 11.5 Å². The fraction of sp³-hybridized carbons (Fsp3) is 0.273. The number of hydrogen-bond donors (Lipinski definition) is 1. The van der Waals surface area contributed by atoms with E-state index in [9.17, 15) is 4.79 Å². The third-order valence-electron chi connectivity index (χ3n) is 4.59. The van der Waals surface area contributed by atoms with Gasteiger partial charge in [-0.1, -0.05) is 37.3 Å².